The molecule has 1 aromatic carbocycles. The zero-order valence-corrected chi connectivity index (χ0v) is 14.7. The zero-order chi connectivity index (χ0) is 16.1. The van der Waals surface area contributed by atoms with Crippen LogP contribution in [-0.2, 0) is 16.6 Å². The minimum atomic E-state index is -3.50. The summed E-state index contributed by atoms with van der Waals surface area (Å²) in [5.74, 6) is 0. The van der Waals surface area contributed by atoms with Gasteiger partial charge in [0.25, 0.3) is 0 Å². The fourth-order valence-corrected chi connectivity index (χ4v) is 3.11. The molecule has 0 aliphatic carbocycles. The van der Waals surface area contributed by atoms with Gasteiger partial charge in [-0.15, -0.1) is 0 Å². The van der Waals surface area contributed by atoms with Crippen molar-refractivity contribution in [2.24, 2.45) is 5.41 Å². The quantitative estimate of drug-likeness (QED) is 0.806. The Morgan fingerprint density at radius 1 is 1.24 bits per heavy atom. The number of benzene rings is 1. The summed E-state index contributed by atoms with van der Waals surface area (Å²) in [6, 6.07) is 4.86. The maximum Gasteiger partial charge on any atom is 0.240 e. The molecule has 1 aromatic rings. The van der Waals surface area contributed by atoms with Crippen molar-refractivity contribution in [3.8, 4) is 0 Å². The fourth-order valence-electron chi connectivity index (χ4n) is 1.74. The maximum atomic E-state index is 12.2. The molecule has 0 bridgehead atoms. The summed E-state index contributed by atoms with van der Waals surface area (Å²) >= 11 is 6.15. The van der Waals surface area contributed by atoms with Crippen LogP contribution in [0.2, 0.25) is 5.02 Å². The molecule has 6 heteroatoms. The van der Waals surface area contributed by atoms with Crippen LogP contribution in [0, 0.1) is 5.41 Å². The topological polar surface area (TPSA) is 58.2 Å². The number of rotatable bonds is 7. The molecule has 0 amide bonds. The lowest BCUT2D eigenvalue weighted by molar-refractivity contribution is 0.378. The van der Waals surface area contributed by atoms with Crippen LogP contribution in [0.4, 0.5) is 0 Å². The minimum absolute atomic E-state index is 0.0931. The van der Waals surface area contributed by atoms with E-state index in [9.17, 15) is 8.42 Å². The van der Waals surface area contributed by atoms with Crippen LogP contribution in [0.25, 0.3) is 0 Å². The molecular weight excluding hydrogens is 308 g/mol. The lowest BCUT2D eigenvalue weighted by Gasteiger charge is -2.18. The van der Waals surface area contributed by atoms with Gasteiger partial charge in [-0.1, -0.05) is 45.4 Å². The molecule has 0 radical (unpaired) electrons. The number of sulfonamides is 1. The molecule has 0 saturated heterocycles. The Labute approximate surface area is 133 Å². The van der Waals surface area contributed by atoms with Gasteiger partial charge in [0.15, 0.2) is 0 Å². The Balaban J connectivity index is 2.77. The summed E-state index contributed by atoms with van der Waals surface area (Å²) < 4.78 is 27.0. The summed E-state index contributed by atoms with van der Waals surface area (Å²) in [7, 11) is -3.50. The van der Waals surface area contributed by atoms with E-state index in [-0.39, 0.29) is 10.3 Å². The standard InChI is InChI=1S/C15H25ClN2O2S/c1-5-17-11-12-6-7-13(10-14(12)16)21(19,20)18-9-8-15(2,3)4/h6-7,10,17-18H,5,8-9,11H2,1-4H3. The first-order chi connectivity index (χ1) is 9.65. The van der Waals surface area contributed by atoms with Gasteiger partial charge in [-0.25, -0.2) is 13.1 Å². The first-order valence-corrected chi connectivity index (χ1v) is 9.00. The third kappa shape index (κ3) is 6.34. The predicted molar refractivity (Wildman–Crippen MR) is 88.1 cm³/mol. The highest BCUT2D eigenvalue weighted by molar-refractivity contribution is 7.89. The first-order valence-electron chi connectivity index (χ1n) is 7.14. The molecule has 120 valence electrons. The summed E-state index contributed by atoms with van der Waals surface area (Å²) in [5.41, 5.74) is 0.989. The van der Waals surface area contributed by atoms with Crippen molar-refractivity contribution in [3.05, 3.63) is 28.8 Å². The van der Waals surface area contributed by atoms with E-state index in [0.717, 1.165) is 18.5 Å². The van der Waals surface area contributed by atoms with Gasteiger partial charge in [0, 0.05) is 18.1 Å². The second-order valence-corrected chi connectivity index (χ2v) is 8.42. The van der Waals surface area contributed by atoms with E-state index in [0.29, 0.717) is 18.1 Å². The van der Waals surface area contributed by atoms with E-state index in [2.05, 4.69) is 30.8 Å². The number of nitrogens with one attached hydrogen (secondary N) is 2. The van der Waals surface area contributed by atoms with Crippen molar-refractivity contribution in [3.63, 3.8) is 0 Å². The molecule has 0 aliphatic rings. The van der Waals surface area contributed by atoms with Gasteiger partial charge in [-0.2, -0.15) is 0 Å². The average molecular weight is 333 g/mol. The van der Waals surface area contributed by atoms with Gasteiger partial charge in [-0.05, 0) is 36.1 Å². The van der Waals surface area contributed by atoms with Gasteiger partial charge in [0.1, 0.15) is 0 Å². The fraction of sp³-hybridized carbons (Fsp3) is 0.600. The SMILES string of the molecule is CCNCc1ccc(S(=O)(=O)NCCC(C)(C)C)cc1Cl. The second-order valence-electron chi connectivity index (χ2n) is 6.24. The Morgan fingerprint density at radius 3 is 2.43 bits per heavy atom. The highest BCUT2D eigenvalue weighted by Crippen LogP contribution is 2.22. The van der Waals surface area contributed by atoms with Crippen LogP contribution in [-0.4, -0.2) is 21.5 Å². The Bertz CT molecular complexity index is 566. The maximum absolute atomic E-state index is 12.2. The molecule has 4 nitrogen and oxygen atoms in total. The van der Waals surface area contributed by atoms with Gasteiger partial charge < -0.3 is 5.32 Å². The second kappa shape index (κ2) is 7.58. The normalized spacial score (nSPS) is 12.6. The minimum Gasteiger partial charge on any atom is -0.313 e. The Hall–Kier alpha value is -0.620. The molecule has 0 heterocycles. The van der Waals surface area contributed by atoms with Crippen molar-refractivity contribution in [1.82, 2.24) is 10.0 Å². The van der Waals surface area contributed by atoms with Crippen LogP contribution in [0.5, 0.6) is 0 Å². The van der Waals surface area contributed by atoms with E-state index >= 15 is 0 Å². The van der Waals surface area contributed by atoms with Gasteiger partial charge in [0.2, 0.25) is 10.0 Å². The predicted octanol–water partition coefficient (Wildman–Crippen LogP) is 3.16. The van der Waals surface area contributed by atoms with E-state index < -0.39 is 10.0 Å². The highest BCUT2D eigenvalue weighted by Gasteiger charge is 2.17. The van der Waals surface area contributed by atoms with E-state index in [1.54, 1.807) is 12.1 Å². The Kier molecular flexibility index (Phi) is 6.66. The summed E-state index contributed by atoms with van der Waals surface area (Å²) in [6.07, 6.45) is 0.776. The molecule has 0 unspecified atom stereocenters. The van der Waals surface area contributed by atoms with Crippen molar-refractivity contribution >= 4 is 21.6 Å². The van der Waals surface area contributed by atoms with Crippen molar-refractivity contribution in [2.45, 2.75) is 45.6 Å². The molecule has 0 aromatic heterocycles. The average Bonchev–Trinajstić information content (AvgIpc) is 2.35. The monoisotopic (exact) mass is 332 g/mol. The van der Waals surface area contributed by atoms with Crippen LogP contribution >= 0.6 is 11.6 Å². The van der Waals surface area contributed by atoms with E-state index in [1.807, 2.05) is 6.92 Å². The van der Waals surface area contributed by atoms with Gasteiger partial charge >= 0.3 is 0 Å². The summed E-state index contributed by atoms with van der Waals surface area (Å²) in [5, 5.41) is 3.63. The van der Waals surface area contributed by atoms with E-state index in [4.69, 9.17) is 11.6 Å². The van der Waals surface area contributed by atoms with E-state index in [1.165, 1.54) is 6.07 Å². The highest BCUT2D eigenvalue weighted by atomic mass is 35.5. The van der Waals surface area contributed by atoms with Crippen molar-refractivity contribution < 1.29 is 8.42 Å². The van der Waals surface area contributed by atoms with Crippen LogP contribution in [0.1, 0.15) is 39.7 Å². The molecule has 0 fully saturated rings. The number of hydrogen-bond donors (Lipinski definition) is 2. The van der Waals surface area contributed by atoms with Crippen LogP contribution in [0.3, 0.4) is 0 Å². The zero-order valence-electron chi connectivity index (χ0n) is 13.2. The van der Waals surface area contributed by atoms with Crippen LogP contribution < -0.4 is 10.0 Å². The first kappa shape index (κ1) is 18.4. The molecular formula is C15H25ClN2O2S. The third-order valence-electron chi connectivity index (χ3n) is 3.07. The number of halogens is 1. The summed E-state index contributed by atoms with van der Waals surface area (Å²) in [4.78, 5) is 0.210. The molecule has 0 spiro atoms. The largest absolute Gasteiger partial charge is 0.313 e. The molecule has 1 rings (SSSR count). The molecule has 0 atom stereocenters. The smallest absolute Gasteiger partial charge is 0.240 e. The third-order valence-corrected chi connectivity index (χ3v) is 4.88. The molecule has 0 saturated carbocycles. The Morgan fingerprint density at radius 2 is 1.90 bits per heavy atom. The lowest BCUT2D eigenvalue weighted by Crippen LogP contribution is -2.27. The van der Waals surface area contributed by atoms with Gasteiger partial charge in [-0.3, -0.25) is 0 Å². The molecule has 0 aliphatic heterocycles. The van der Waals surface area contributed by atoms with Crippen molar-refractivity contribution in [2.75, 3.05) is 13.1 Å². The number of hydrogen-bond acceptors (Lipinski definition) is 3. The van der Waals surface area contributed by atoms with Crippen LogP contribution in [0.15, 0.2) is 23.1 Å². The van der Waals surface area contributed by atoms with Gasteiger partial charge in [0.05, 0.1) is 4.90 Å². The lowest BCUT2D eigenvalue weighted by atomic mass is 9.93. The molecule has 2 N–H and O–H groups in total. The summed E-state index contributed by atoms with van der Waals surface area (Å²) in [6.45, 7) is 10.1. The van der Waals surface area contributed by atoms with Crippen molar-refractivity contribution in [1.29, 1.82) is 0 Å². The molecule has 21 heavy (non-hydrogen) atoms.